The van der Waals surface area contributed by atoms with Crippen molar-refractivity contribution in [3.63, 3.8) is 0 Å². The average Bonchev–Trinajstić information content (AvgIpc) is 2.93. The van der Waals surface area contributed by atoms with Gasteiger partial charge >= 0.3 is 0 Å². The molecular weight excluding hydrogens is 564 g/mol. The number of likely N-dealkylation sites (N-methyl/N-ethyl adjacent to an activating group) is 3. The lowest BCUT2D eigenvalue weighted by Gasteiger charge is -2.50. The monoisotopic (exact) mass is 604 g/mol. The maximum atomic E-state index is 14.0. The summed E-state index contributed by atoms with van der Waals surface area (Å²) in [5.74, 6) is -6.65. The zero-order chi connectivity index (χ0) is 32.2. The van der Waals surface area contributed by atoms with E-state index in [-0.39, 0.29) is 29.7 Å². The molecule has 0 heterocycles. The van der Waals surface area contributed by atoms with E-state index in [2.05, 4.69) is 22.9 Å². The predicted molar refractivity (Wildman–Crippen MR) is 164 cm³/mol. The molecule has 0 saturated heterocycles. The van der Waals surface area contributed by atoms with Crippen LogP contribution in [-0.4, -0.2) is 113 Å². The maximum Gasteiger partial charge on any atom is 0.255 e. The molecule has 4 atom stereocenters. The molecule has 0 unspecified atom stereocenters. The molecule has 3 aliphatic rings. The number of phenolic OH excluding ortho intramolecular Hbond substituents is 1. The van der Waals surface area contributed by atoms with E-state index in [0.29, 0.717) is 5.56 Å². The Morgan fingerprint density at radius 3 is 2.36 bits per heavy atom. The second-order valence-electron chi connectivity index (χ2n) is 12.7. The van der Waals surface area contributed by atoms with Crippen molar-refractivity contribution >= 4 is 17.5 Å². The van der Waals surface area contributed by atoms with Crippen LogP contribution in [-0.2, 0) is 22.6 Å². The van der Waals surface area contributed by atoms with Crippen molar-refractivity contribution in [3.05, 3.63) is 75.8 Å². The van der Waals surface area contributed by atoms with Crippen LogP contribution in [0.1, 0.15) is 27.9 Å². The Morgan fingerprint density at radius 2 is 1.73 bits per heavy atom. The van der Waals surface area contributed by atoms with Gasteiger partial charge in [0.2, 0.25) is 5.78 Å². The molecule has 5 rings (SSSR count). The van der Waals surface area contributed by atoms with Crippen molar-refractivity contribution in [2.24, 2.45) is 17.6 Å². The van der Waals surface area contributed by atoms with Crippen molar-refractivity contribution in [2.45, 2.75) is 31.0 Å². The highest BCUT2D eigenvalue weighted by Gasteiger charge is 2.63. The smallest absolute Gasteiger partial charge is 0.255 e. The minimum atomic E-state index is -2.66. The normalized spacial score (nSPS) is 25.1. The van der Waals surface area contributed by atoms with E-state index in [0.717, 1.165) is 36.3 Å². The summed E-state index contributed by atoms with van der Waals surface area (Å²) in [6.07, 6.45) is 0.267. The molecule has 44 heavy (non-hydrogen) atoms. The fourth-order valence-corrected chi connectivity index (χ4v) is 7.12. The van der Waals surface area contributed by atoms with Gasteiger partial charge in [0.1, 0.15) is 22.8 Å². The SMILES string of the molecule is CN(C)CCN(C)Cc1cccc(-c2ccc(O)c3c2C[C@H]2C[C@H]4[C@H](N(C)C)C(O)=C(C(N)=O)C(=O)[C@@]4(O)C(O)=C2C3=O)c1. The number of hydrogen-bond acceptors (Lipinski definition) is 10. The lowest BCUT2D eigenvalue weighted by molar-refractivity contribution is -0.148. The summed E-state index contributed by atoms with van der Waals surface area (Å²) in [5, 5.41) is 45.2. The Balaban J connectivity index is 1.59. The van der Waals surface area contributed by atoms with E-state index in [1.807, 2.05) is 32.3 Å². The Hall–Kier alpha value is -4.03. The molecule has 0 saturated carbocycles. The van der Waals surface area contributed by atoms with Gasteiger partial charge in [0.25, 0.3) is 5.91 Å². The third kappa shape index (κ3) is 4.99. The molecule has 1 amide bonds. The average molecular weight is 605 g/mol. The molecule has 0 spiro atoms. The lowest BCUT2D eigenvalue weighted by Crippen LogP contribution is -2.63. The maximum absolute atomic E-state index is 14.0. The first-order chi connectivity index (χ1) is 20.7. The molecule has 2 aromatic rings. The topological polar surface area (TPSA) is 168 Å². The van der Waals surface area contributed by atoms with E-state index < -0.39 is 58.0 Å². The third-order valence-corrected chi connectivity index (χ3v) is 9.23. The second kappa shape index (κ2) is 11.5. The molecule has 3 aliphatic carbocycles. The number of allylic oxidation sites excluding steroid dienone is 1. The number of phenols is 1. The number of primary amides is 1. The van der Waals surface area contributed by atoms with Gasteiger partial charge in [0, 0.05) is 31.1 Å². The zero-order valence-corrected chi connectivity index (χ0v) is 25.7. The van der Waals surface area contributed by atoms with Gasteiger partial charge in [0.15, 0.2) is 11.4 Å². The minimum absolute atomic E-state index is 0.00298. The van der Waals surface area contributed by atoms with Crippen molar-refractivity contribution in [3.8, 4) is 16.9 Å². The first-order valence-electron chi connectivity index (χ1n) is 14.6. The number of carbonyl (C=O) groups excluding carboxylic acids is 3. The van der Waals surface area contributed by atoms with Gasteiger partial charge in [-0.15, -0.1) is 0 Å². The summed E-state index contributed by atoms with van der Waals surface area (Å²) in [5.41, 5.74) is 5.04. The molecule has 11 nitrogen and oxygen atoms in total. The molecule has 0 aliphatic heterocycles. The number of fused-ring (bicyclic) bond motifs is 3. The molecule has 6 N–H and O–H groups in total. The van der Waals surface area contributed by atoms with Crippen molar-refractivity contribution < 1.29 is 34.8 Å². The van der Waals surface area contributed by atoms with Gasteiger partial charge in [-0.3, -0.25) is 19.3 Å². The summed E-state index contributed by atoms with van der Waals surface area (Å²) in [6.45, 7) is 2.52. The number of Topliss-reactive ketones (excluding diaryl/α,β-unsaturated/α-hetero) is 2. The van der Waals surface area contributed by atoms with Gasteiger partial charge in [0.05, 0.1) is 11.6 Å². The molecule has 0 fully saturated rings. The molecule has 11 heteroatoms. The van der Waals surface area contributed by atoms with Gasteiger partial charge < -0.3 is 36.0 Å². The van der Waals surface area contributed by atoms with Crippen LogP contribution in [0.25, 0.3) is 11.1 Å². The number of hydrogen-bond donors (Lipinski definition) is 5. The Labute approximate surface area is 256 Å². The van der Waals surface area contributed by atoms with E-state index in [1.54, 1.807) is 20.2 Å². The van der Waals surface area contributed by atoms with Gasteiger partial charge in [-0.25, -0.2) is 0 Å². The number of amides is 1. The van der Waals surface area contributed by atoms with E-state index in [9.17, 15) is 34.8 Å². The highest BCUT2D eigenvalue weighted by Crippen LogP contribution is 2.53. The summed E-state index contributed by atoms with van der Waals surface area (Å²) in [6, 6.07) is 10.2. The fraction of sp³-hybridized carbons (Fsp3) is 0.424. The summed E-state index contributed by atoms with van der Waals surface area (Å²) < 4.78 is 0. The number of rotatable bonds is 8. The van der Waals surface area contributed by atoms with Gasteiger partial charge in [-0.1, -0.05) is 24.3 Å². The van der Waals surface area contributed by atoms with E-state index in [4.69, 9.17) is 5.73 Å². The molecule has 234 valence electrons. The highest BCUT2D eigenvalue weighted by molar-refractivity contribution is 6.24. The molecule has 0 radical (unpaired) electrons. The third-order valence-electron chi connectivity index (χ3n) is 9.23. The number of aliphatic hydroxyl groups is 3. The van der Waals surface area contributed by atoms with Crippen molar-refractivity contribution in [2.75, 3.05) is 48.3 Å². The van der Waals surface area contributed by atoms with Crippen LogP contribution in [0.4, 0.5) is 0 Å². The van der Waals surface area contributed by atoms with Crippen LogP contribution in [0, 0.1) is 11.8 Å². The summed E-state index contributed by atoms with van der Waals surface area (Å²) in [4.78, 5) is 45.6. The standard InChI is InChI=1S/C33H40N4O7/c1-35(2)11-12-37(5)16-17-7-6-8-18(13-17)20-9-10-23(38)25-21(20)14-19-15-22-27(36(3)4)29(40)26(32(34)43)31(42)33(22,44)30(41)24(19)28(25)39/h6-10,13,19,22,27,38,40-41,44H,11-12,14-16H2,1-5H3,(H2,34,43)/t19-,22-,27-,33-/m0/s1. The Bertz CT molecular complexity index is 1610. The van der Waals surface area contributed by atoms with E-state index >= 15 is 0 Å². The number of aromatic hydroxyl groups is 1. The quantitative estimate of drug-likeness (QED) is 0.280. The molecule has 0 bridgehead atoms. The first-order valence-corrected chi connectivity index (χ1v) is 14.6. The van der Waals surface area contributed by atoms with Crippen LogP contribution in [0.15, 0.2) is 59.1 Å². The van der Waals surface area contributed by atoms with Crippen molar-refractivity contribution in [1.29, 1.82) is 0 Å². The van der Waals surface area contributed by atoms with Crippen LogP contribution in [0.3, 0.4) is 0 Å². The van der Waals surface area contributed by atoms with Crippen molar-refractivity contribution in [1.82, 2.24) is 14.7 Å². The number of nitrogens with zero attached hydrogens (tertiary/aromatic N) is 3. The minimum Gasteiger partial charge on any atom is -0.510 e. The van der Waals surface area contributed by atoms with Gasteiger partial charge in [-0.05, 0) is 88.4 Å². The van der Waals surface area contributed by atoms with E-state index in [1.165, 1.54) is 11.0 Å². The van der Waals surface area contributed by atoms with Gasteiger partial charge in [-0.2, -0.15) is 0 Å². The number of benzene rings is 2. The number of aliphatic hydroxyl groups excluding tert-OH is 2. The highest BCUT2D eigenvalue weighted by atomic mass is 16.3. The second-order valence-corrected chi connectivity index (χ2v) is 12.7. The van der Waals surface area contributed by atoms with Crippen LogP contribution >= 0.6 is 0 Å². The van der Waals surface area contributed by atoms with Crippen LogP contribution in [0.5, 0.6) is 5.75 Å². The summed E-state index contributed by atoms with van der Waals surface area (Å²) in [7, 11) is 9.32. The Kier molecular flexibility index (Phi) is 8.19. The van der Waals surface area contributed by atoms with Crippen LogP contribution in [0.2, 0.25) is 0 Å². The first kappa shape index (κ1) is 31.4. The number of nitrogens with two attached hydrogens (primary N) is 1. The number of ketones is 2. The number of carbonyl (C=O) groups is 3. The zero-order valence-electron chi connectivity index (χ0n) is 25.7. The molecule has 2 aromatic carbocycles. The van der Waals surface area contributed by atoms with Crippen LogP contribution < -0.4 is 5.73 Å². The molecular formula is C33H40N4O7. The largest absolute Gasteiger partial charge is 0.510 e. The Morgan fingerprint density at radius 1 is 1.02 bits per heavy atom. The summed E-state index contributed by atoms with van der Waals surface area (Å²) >= 11 is 0. The predicted octanol–water partition coefficient (Wildman–Crippen LogP) is 1.78. The molecule has 0 aromatic heterocycles. The lowest BCUT2D eigenvalue weighted by atomic mass is 9.58. The fourth-order valence-electron chi connectivity index (χ4n) is 7.12.